The third kappa shape index (κ3) is 4.54. The maximum absolute atomic E-state index is 13.1. The summed E-state index contributed by atoms with van der Waals surface area (Å²) < 4.78 is 25.2. The zero-order valence-corrected chi connectivity index (χ0v) is 21.5. The number of aryl methyl sites for hydroxylation is 2. The largest absolute Gasteiger partial charge is 0.337 e. The Balaban J connectivity index is 1.22. The number of amides is 2. The van der Waals surface area contributed by atoms with Gasteiger partial charge in [-0.2, -0.15) is 5.10 Å². The summed E-state index contributed by atoms with van der Waals surface area (Å²) in [4.78, 5) is 33.9. The van der Waals surface area contributed by atoms with Crippen molar-refractivity contribution in [3.8, 4) is 0 Å². The van der Waals surface area contributed by atoms with Crippen molar-refractivity contribution in [1.82, 2.24) is 34.6 Å². The molecule has 0 saturated carbocycles. The smallest absolute Gasteiger partial charge is 0.276 e. The molecule has 0 bridgehead atoms. The lowest BCUT2D eigenvalue weighted by Crippen LogP contribution is -2.39. The molecular weight excluding hydrogens is 490 g/mol. The van der Waals surface area contributed by atoms with Gasteiger partial charge >= 0.3 is 0 Å². The minimum absolute atomic E-state index is 0.00944. The molecule has 3 aromatic rings. The molecule has 5 rings (SSSR count). The fourth-order valence-corrected chi connectivity index (χ4v) is 7.49. The average Bonchev–Trinajstić information content (AvgIpc) is 3.56. The zero-order chi connectivity index (χ0) is 24.9. The Labute approximate surface area is 207 Å². The fraction of sp³-hybridized carbons (Fsp3) is 0.545. The van der Waals surface area contributed by atoms with Crippen molar-refractivity contribution >= 4 is 38.6 Å². The van der Waals surface area contributed by atoms with E-state index in [9.17, 15) is 18.0 Å². The normalized spacial score (nSPS) is 20.4. The molecule has 0 spiro atoms. The van der Waals surface area contributed by atoms with E-state index in [1.165, 1.54) is 16.2 Å². The molecule has 2 aliphatic rings. The highest BCUT2D eigenvalue weighted by Gasteiger charge is 2.34. The predicted octanol–water partition coefficient (Wildman–Crippen LogP) is 1.48. The van der Waals surface area contributed by atoms with E-state index in [1.807, 2.05) is 19.9 Å². The molecule has 0 N–H and O–H groups in total. The molecule has 2 aliphatic heterocycles. The molecule has 0 aliphatic carbocycles. The molecule has 1 unspecified atom stereocenters. The first-order valence-corrected chi connectivity index (χ1v) is 14.2. The number of aromatic nitrogens is 5. The van der Waals surface area contributed by atoms with E-state index < -0.39 is 9.84 Å². The highest BCUT2D eigenvalue weighted by Crippen LogP contribution is 2.31. The lowest BCUT2D eigenvalue weighted by molar-refractivity contribution is 0.0703. The number of carbonyl (C=O) groups is 2. The van der Waals surface area contributed by atoms with Crippen molar-refractivity contribution in [1.29, 1.82) is 0 Å². The molecule has 0 aromatic carbocycles. The molecule has 2 amide bonds. The zero-order valence-electron chi connectivity index (χ0n) is 19.8. The van der Waals surface area contributed by atoms with Gasteiger partial charge in [0.2, 0.25) is 0 Å². The lowest BCUT2D eigenvalue weighted by Gasteiger charge is -2.31. The SMILES string of the molecule is Cc1cc2nnc(C(=O)N3CCC(c4nc(C(=O)N(C)C5CCS(=O)(=O)C5)cs4)CC3)c(C)n2n1. The Morgan fingerprint density at radius 3 is 2.57 bits per heavy atom. The van der Waals surface area contributed by atoms with Gasteiger partial charge in [0.25, 0.3) is 11.8 Å². The van der Waals surface area contributed by atoms with Crippen LogP contribution in [0.2, 0.25) is 0 Å². The topological polar surface area (TPSA) is 131 Å². The summed E-state index contributed by atoms with van der Waals surface area (Å²) >= 11 is 1.44. The van der Waals surface area contributed by atoms with Crippen molar-refractivity contribution in [2.75, 3.05) is 31.6 Å². The average molecular weight is 518 g/mol. The number of hydrogen-bond donors (Lipinski definition) is 0. The van der Waals surface area contributed by atoms with Gasteiger partial charge in [0.15, 0.2) is 21.2 Å². The van der Waals surface area contributed by atoms with Gasteiger partial charge in [0, 0.05) is 43.5 Å². The lowest BCUT2D eigenvalue weighted by atomic mass is 9.97. The molecule has 5 heterocycles. The standard InChI is InChI=1S/C22H27N7O4S2/c1-13-10-18-24-25-19(14(2)29(18)26-13)22(31)28-7-4-15(5-8-28)20-23-17(11-34-20)21(30)27(3)16-6-9-35(32,33)12-16/h10-11,15-16H,4-9,12H2,1-3H3. The number of fused-ring (bicyclic) bond motifs is 1. The van der Waals surface area contributed by atoms with E-state index in [0.717, 1.165) is 23.5 Å². The number of likely N-dealkylation sites (tertiary alicyclic amines) is 1. The van der Waals surface area contributed by atoms with E-state index in [1.54, 1.807) is 21.8 Å². The number of thiazole rings is 1. The number of piperidine rings is 1. The van der Waals surface area contributed by atoms with Gasteiger partial charge in [-0.05, 0) is 33.1 Å². The summed E-state index contributed by atoms with van der Waals surface area (Å²) in [5.41, 5.74) is 2.75. The molecule has 11 nitrogen and oxygen atoms in total. The summed E-state index contributed by atoms with van der Waals surface area (Å²) in [6.45, 7) is 4.81. The second kappa shape index (κ2) is 8.94. The van der Waals surface area contributed by atoms with Crippen LogP contribution in [0.25, 0.3) is 5.65 Å². The van der Waals surface area contributed by atoms with Crippen LogP contribution >= 0.6 is 11.3 Å². The van der Waals surface area contributed by atoms with Crippen LogP contribution in [-0.2, 0) is 9.84 Å². The summed E-state index contributed by atoms with van der Waals surface area (Å²) in [5.74, 6) is -0.122. The van der Waals surface area contributed by atoms with Crippen LogP contribution in [0.5, 0.6) is 0 Å². The van der Waals surface area contributed by atoms with Gasteiger partial charge < -0.3 is 9.80 Å². The number of hydrogen-bond acceptors (Lipinski definition) is 9. The molecule has 1 atom stereocenters. The van der Waals surface area contributed by atoms with E-state index in [4.69, 9.17) is 0 Å². The Kier molecular flexibility index (Phi) is 6.08. The molecule has 0 radical (unpaired) electrons. The highest BCUT2D eigenvalue weighted by molar-refractivity contribution is 7.91. The highest BCUT2D eigenvalue weighted by atomic mass is 32.2. The van der Waals surface area contributed by atoms with Crippen molar-refractivity contribution in [2.24, 2.45) is 0 Å². The van der Waals surface area contributed by atoms with E-state index >= 15 is 0 Å². The van der Waals surface area contributed by atoms with Gasteiger partial charge in [-0.3, -0.25) is 9.59 Å². The van der Waals surface area contributed by atoms with Gasteiger partial charge in [0.05, 0.1) is 27.9 Å². The van der Waals surface area contributed by atoms with Crippen molar-refractivity contribution in [2.45, 2.75) is 45.1 Å². The number of nitrogens with zero attached hydrogens (tertiary/aromatic N) is 7. The third-order valence-corrected chi connectivity index (χ3v) is 9.63. The molecular formula is C22H27N7O4S2. The van der Waals surface area contributed by atoms with Crippen LogP contribution in [0.15, 0.2) is 11.4 Å². The first-order valence-electron chi connectivity index (χ1n) is 11.5. The van der Waals surface area contributed by atoms with E-state index in [0.29, 0.717) is 42.2 Å². The predicted molar refractivity (Wildman–Crippen MR) is 129 cm³/mol. The molecule has 186 valence electrons. The summed E-state index contributed by atoms with van der Waals surface area (Å²) in [5, 5.41) is 15.3. The van der Waals surface area contributed by atoms with Crippen molar-refractivity contribution in [3.63, 3.8) is 0 Å². The van der Waals surface area contributed by atoms with Gasteiger partial charge in [-0.25, -0.2) is 17.9 Å². The monoisotopic (exact) mass is 517 g/mol. The molecule has 3 aromatic heterocycles. The maximum atomic E-state index is 13.1. The second-order valence-corrected chi connectivity index (χ2v) is 12.4. The summed E-state index contributed by atoms with van der Waals surface area (Å²) in [6.07, 6.45) is 1.93. The Morgan fingerprint density at radius 2 is 1.89 bits per heavy atom. The second-order valence-electron chi connectivity index (χ2n) is 9.30. The quantitative estimate of drug-likeness (QED) is 0.509. The maximum Gasteiger partial charge on any atom is 0.276 e. The summed E-state index contributed by atoms with van der Waals surface area (Å²) in [6, 6.07) is 1.52. The van der Waals surface area contributed by atoms with Crippen LogP contribution in [0.3, 0.4) is 0 Å². The van der Waals surface area contributed by atoms with Gasteiger partial charge in [-0.1, -0.05) is 0 Å². The van der Waals surface area contributed by atoms with Gasteiger partial charge in [-0.15, -0.1) is 21.5 Å². The minimum Gasteiger partial charge on any atom is -0.337 e. The number of sulfone groups is 1. The minimum atomic E-state index is -3.07. The molecule has 13 heteroatoms. The van der Waals surface area contributed by atoms with Crippen LogP contribution < -0.4 is 0 Å². The Bertz CT molecular complexity index is 1410. The third-order valence-electron chi connectivity index (χ3n) is 6.88. The van der Waals surface area contributed by atoms with Gasteiger partial charge in [0.1, 0.15) is 5.69 Å². The number of rotatable bonds is 4. The molecule has 2 saturated heterocycles. The summed E-state index contributed by atoms with van der Waals surface area (Å²) in [7, 11) is -1.43. The first-order chi connectivity index (χ1) is 16.6. The molecule has 2 fully saturated rings. The van der Waals surface area contributed by atoms with E-state index in [-0.39, 0.29) is 35.3 Å². The number of carbonyl (C=O) groups excluding carboxylic acids is 2. The van der Waals surface area contributed by atoms with E-state index in [2.05, 4.69) is 20.3 Å². The first kappa shape index (κ1) is 23.8. The van der Waals surface area contributed by atoms with Crippen molar-refractivity contribution < 1.29 is 18.0 Å². The molecule has 35 heavy (non-hydrogen) atoms. The Morgan fingerprint density at radius 1 is 1.14 bits per heavy atom. The van der Waals surface area contributed by atoms with Crippen LogP contribution in [0.4, 0.5) is 0 Å². The fourth-order valence-electron chi connectivity index (χ4n) is 4.76. The van der Waals surface area contributed by atoms with Crippen LogP contribution in [-0.4, -0.2) is 92.5 Å². The Hall–Kier alpha value is -2.93. The van der Waals surface area contributed by atoms with Crippen LogP contribution in [0.1, 0.15) is 62.6 Å². The van der Waals surface area contributed by atoms with Crippen molar-refractivity contribution in [3.05, 3.63) is 39.2 Å². The van der Waals surface area contributed by atoms with Crippen LogP contribution in [0, 0.1) is 13.8 Å².